The Morgan fingerprint density at radius 2 is 1.93 bits per heavy atom. The number of thioether (sulfide) groups is 1. The molecule has 1 aliphatic rings. The third-order valence-corrected chi connectivity index (χ3v) is 5.23. The molecule has 1 aromatic heterocycles. The molecule has 0 saturated carbocycles. The quantitative estimate of drug-likeness (QED) is 0.669. The fraction of sp³-hybridized carbons (Fsp3) is 0.200. The van der Waals surface area contributed by atoms with Crippen LogP contribution in [-0.2, 0) is 16.0 Å². The Labute approximate surface area is 166 Å². The molecule has 28 heavy (non-hydrogen) atoms. The van der Waals surface area contributed by atoms with Crippen molar-refractivity contribution >= 4 is 35.0 Å². The standard InChI is InChI=1S/C20H18N4O3S/c1-13(19(26)24-12-17(25)21-15-9-5-6-10-16(15)24)28-20-23-22-18(27-20)11-14-7-3-2-4-8-14/h2-10,13H,11-12H2,1H3,(H,21,25)/t13-/m1/s1. The van der Waals surface area contributed by atoms with Crippen LogP contribution in [-0.4, -0.2) is 33.8 Å². The average Bonchev–Trinajstić information content (AvgIpc) is 3.14. The molecule has 0 bridgehead atoms. The Balaban J connectivity index is 1.45. The molecular formula is C20H18N4O3S. The van der Waals surface area contributed by atoms with E-state index in [4.69, 9.17) is 4.42 Å². The van der Waals surface area contributed by atoms with Crippen LogP contribution in [0.5, 0.6) is 0 Å². The summed E-state index contributed by atoms with van der Waals surface area (Å²) in [5.41, 5.74) is 2.39. The first-order valence-corrected chi connectivity index (χ1v) is 9.71. The van der Waals surface area contributed by atoms with Crippen molar-refractivity contribution in [3.8, 4) is 0 Å². The smallest absolute Gasteiger partial charge is 0.277 e. The number of amides is 2. The summed E-state index contributed by atoms with van der Waals surface area (Å²) in [5, 5.41) is 10.7. The van der Waals surface area contributed by atoms with Crippen molar-refractivity contribution in [1.29, 1.82) is 0 Å². The molecule has 7 nitrogen and oxygen atoms in total. The third kappa shape index (κ3) is 3.91. The number of carbonyl (C=O) groups is 2. The maximum absolute atomic E-state index is 12.9. The molecule has 8 heteroatoms. The van der Waals surface area contributed by atoms with Gasteiger partial charge in [-0.3, -0.25) is 14.5 Å². The molecule has 2 amide bonds. The van der Waals surface area contributed by atoms with Crippen LogP contribution in [0.3, 0.4) is 0 Å². The summed E-state index contributed by atoms with van der Waals surface area (Å²) in [4.78, 5) is 26.4. The monoisotopic (exact) mass is 394 g/mol. The molecule has 2 aromatic carbocycles. The van der Waals surface area contributed by atoms with Crippen LogP contribution in [0.4, 0.5) is 11.4 Å². The molecule has 0 unspecified atom stereocenters. The van der Waals surface area contributed by atoms with Gasteiger partial charge in [-0.2, -0.15) is 0 Å². The van der Waals surface area contributed by atoms with Gasteiger partial charge in [0.1, 0.15) is 6.54 Å². The molecule has 142 valence electrons. The minimum absolute atomic E-state index is 0.0101. The molecule has 0 aliphatic carbocycles. The average molecular weight is 394 g/mol. The summed E-state index contributed by atoms with van der Waals surface area (Å²) >= 11 is 1.19. The topological polar surface area (TPSA) is 88.3 Å². The van der Waals surface area contributed by atoms with Gasteiger partial charge in [-0.1, -0.05) is 54.2 Å². The van der Waals surface area contributed by atoms with Crippen LogP contribution >= 0.6 is 11.8 Å². The molecule has 0 saturated heterocycles. The number of benzene rings is 2. The van der Waals surface area contributed by atoms with Gasteiger partial charge in [0.05, 0.1) is 23.0 Å². The molecule has 2 heterocycles. The van der Waals surface area contributed by atoms with Crippen LogP contribution in [0, 0.1) is 0 Å². The van der Waals surface area contributed by atoms with Crippen LogP contribution in [0.1, 0.15) is 18.4 Å². The van der Waals surface area contributed by atoms with E-state index in [9.17, 15) is 9.59 Å². The van der Waals surface area contributed by atoms with Crippen molar-refractivity contribution in [3.05, 3.63) is 66.1 Å². The van der Waals surface area contributed by atoms with Crippen molar-refractivity contribution in [2.24, 2.45) is 0 Å². The summed E-state index contributed by atoms with van der Waals surface area (Å²) in [6.45, 7) is 1.76. The molecule has 3 aromatic rings. The van der Waals surface area contributed by atoms with Gasteiger partial charge in [-0.25, -0.2) is 0 Å². The summed E-state index contributed by atoms with van der Waals surface area (Å²) < 4.78 is 5.68. The maximum atomic E-state index is 12.9. The van der Waals surface area contributed by atoms with Crippen molar-refractivity contribution in [1.82, 2.24) is 10.2 Å². The maximum Gasteiger partial charge on any atom is 0.277 e. The Morgan fingerprint density at radius 1 is 1.18 bits per heavy atom. The Kier molecular flexibility index (Phi) is 5.12. The van der Waals surface area contributed by atoms with E-state index in [1.165, 1.54) is 16.7 Å². The zero-order valence-electron chi connectivity index (χ0n) is 15.2. The number of carbonyl (C=O) groups excluding carboxylic acids is 2. The number of aromatic nitrogens is 2. The highest BCUT2D eigenvalue weighted by molar-refractivity contribution is 8.00. The minimum atomic E-state index is -0.482. The lowest BCUT2D eigenvalue weighted by atomic mass is 10.2. The van der Waals surface area contributed by atoms with E-state index in [1.54, 1.807) is 13.0 Å². The van der Waals surface area contributed by atoms with Gasteiger partial charge < -0.3 is 9.73 Å². The number of fused-ring (bicyclic) bond motifs is 1. The van der Waals surface area contributed by atoms with Gasteiger partial charge >= 0.3 is 0 Å². The van der Waals surface area contributed by atoms with E-state index in [2.05, 4.69) is 15.5 Å². The zero-order valence-corrected chi connectivity index (χ0v) is 16.0. The number of hydrogen-bond acceptors (Lipinski definition) is 6. The lowest BCUT2D eigenvalue weighted by Gasteiger charge is -2.30. The molecule has 1 N–H and O–H groups in total. The molecular weight excluding hydrogens is 376 g/mol. The lowest BCUT2D eigenvalue weighted by Crippen LogP contribution is -2.45. The SMILES string of the molecule is C[C@@H](Sc1nnc(Cc2ccccc2)o1)C(=O)N1CC(=O)Nc2ccccc21. The van der Waals surface area contributed by atoms with Gasteiger partial charge in [0, 0.05) is 0 Å². The van der Waals surface area contributed by atoms with Gasteiger partial charge in [0.25, 0.3) is 5.22 Å². The second-order valence-corrected chi connectivity index (χ2v) is 7.67. The first-order chi connectivity index (χ1) is 13.6. The highest BCUT2D eigenvalue weighted by atomic mass is 32.2. The summed E-state index contributed by atoms with van der Waals surface area (Å²) in [7, 11) is 0. The lowest BCUT2D eigenvalue weighted by molar-refractivity contribution is -0.121. The largest absolute Gasteiger partial charge is 0.416 e. The van der Waals surface area contributed by atoms with E-state index in [-0.39, 0.29) is 18.4 Å². The summed E-state index contributed by atoms with van der Waals surface area (Å²) in [6, 6.07) is 17.1. The highest BCUT2D eigenvalue weighted by Crippen LogP contribution is 2.32. The van der Waals surface area contributed by atoms with E-state index >= 15 is 0 Å². The predicted molar refractivity (Wildman–Crippen MR) is 106 cm³/mol. The first kappa shape index (κ1) is 18.2. The summed E-state index contributed by atoms with van der Waals surface area (Å²) in [5.74, 6) is 0.0957. The number of para-hydroxylation sites is 2. The number of rotatable bonds is 5. The van der Waals surface area contributed by atoms with Crippen molar-refractivity contribution in [2.45, 2.75) is 23.8 Å². The molecule has 1 atom stereocenters. The van der Waals surface area contributed by atoms with Gasteiger partial charge in [0.2, 0.25) is 17.7 Å². The van der Waals surface area contributed by atoms with E-state index in [1.807, 2.05) is 48.5 Å². The molecule has 0 radical (unpaired) electrons. The van der Waals surface area contributed by atoms with Gasteiger partial charge in [0.15, 0.2) is 0 Å². The van der Waals surface area contributed by atoms with Crippen LogP contribution in [0.15, 0.2) is 64.2 Å². The van der Waals surface area contributed by atoms with Crippen molar-refractivity contribution in [3.63, 3.8) is 0 Å². The van der Waals surface area contributed by atoms with Gasteiger partial charge in [-0.15, -0.1) is 10.2 Å². The highest BCUT2D eigenvalue weighted by Gasteiger charge is 2.30. The predicted octanol–water partition coefficient (Wildman–Crippen LogP) is 3.13. The molecule has 0 fully saturated rings. The van der Waals surface area contributed by atoms with Gasteiger partial charge in [-0.05, 0) is 24.6 Å². The van der Waals surface area contributed by atoms with E-state index in [0.717, 1.165) is 5.56 Å². The summed E-state index contributed by atoms with van der Waals surface area (Å²) in [6.07, 6.45) is 0.538. The number of nitrogens with one attached hydrogen (secondary N) is 1. The molecule has 1 aliphatic heterocycles. The number of nitrogens with zero attached hydrogens (tertiary/aromatic N) is 3. The zero-order chi connectivity index (χ0) is 19.5. The second kappa shape index (κ2) is 7.85. The fourth-order valence-electron chi connectivity index (χ4n) is 2.98. The molecule has 0 spiro atoms. The van der Waals surface area contributed by atoms with Crippen LogP contribution in [0.25, 0.3) is 0 Å². The Morgan fingerprint density at radius 3 is 2.75 bits per heavy atom. The van der Waals surface area contributed by atoms with E-state index < -0.39 is 5.25 Å². The Hall–Kier alpha value is -3.13. The molecule has 4 rings (SSSR count). The Bertz CT molecular complexity index is 1010. The van der Waals surface area contributed by atoms with Crippen LogP contribution < -0.4 is 10.2 Å². The fourth-order valence-corrected chi connectivity index (χ4v) is 3.74. The first-order valence-electron chi connectivity index (χ1n) is 8.83. The van der Waals surface area contributed by atoms with E-state index in [0.29, 0.717) is 28.9 Å². The minimum Gasteiger partial charge on any atom is -0.416 e. The third-order valence-electron chi connectivity index (χ3n) is 4.31. The number of hydrogen-bond donors (Lipinski definition) is 1. The normalized spacial score (nSPS) is 14.3. The number of anilines is 2. The van der Waals surface area contributed by atoms with Crippen molar-refractivity contribution in [2.75, 3.05) is 16.8 Å². The second-order valence-electron chi connectivity index (χ2n) is 6.37. The van der Waals surface area contributed by atoms with Crippen molar-refractivity contribution < 1.29 is 14.0 Å². The van der Waals surface area contributed by atoms with Crippen LogP contribution in [0.2, 0.25) is 0 Å².